The van der Waals surface area contributed by atoms with Gasteiger partial charge in [0.2, 0.25) is 0 Å². The van der Waals surface area contributed by atoms with Gasteiger partial charge in [-0.2, -0.15) is 0 Å². The van der Waals surface area contributed by atoms with E-state index in [1.54, 1.807) is 0 Å². The van der Waals surface area contributed by atoms with Crippen molar-refractivity contribution >= 4 is 44.5 Å². The van der Waals surface area contributed by atoms with E-state index in [1.165, 1.54) is 16.9 Å². The molecule has 0 aliphatic heterocycles. The third kappa shape index (κ3) is 3.22. The van der Waals surface area contributed by atoms with Crippen LogP contribution in [-0.2, 0) is 0 Å². The highest BCUT2D eigenvalue weighted by Gasteiger charge is 2.12. The molecule has 0 spiro atoms. The van der Waals surface area contributed by atoms with Gasteiger partial charge in [0.05, 0.1) is 8.66 Å². The van der Waals surface area contributed by atoms with Gasteiger partial charge in [-0.25, -0.2) is 0 Å². The van der Waals surface area contributed by atoms with Gasteiger partial charge in [0, 0.05) is 25.5 Å². The number of rotatable bonds is 3. The van der Waals surface area contributed by atoms with Crippen molar-refractivity contribution in [3.05, 3.63) is 44.1 Å². The SMILES string of the molecule is Cc1ccc(NC(=O)c2cc(C)c(Br)s2)cc1N(C)C. The van der Waals surface area contributed by atoms with Crippen LogP contribution in [0.4, 0.5) is 11.4 Å². The normalized spacial score (nSPS) is 10.4. The number of nitrogens with zero attached hydrogens (tertiary/aromatic N) is 1. The Hall–Kier alpha value is -1.33. The van der Waals surface area contributed by atoms with Gasteiger partial charge in [-0.3, -0.25) is 4.79 Å². The molecule has 2 aromatic rings. The second-order valence-electron chi connectivity index (χ2n) is 4.92. The molecule has 0 atom stereocenters. The van der Waals surface area contributed by atoms with E-state index in [1.807, 2.05) is 50.2 Å². The van der Waals surface area contributed by atoms with Gasteiger partial charge in [0.15, 0.2) is 0 Å². The van der Waals surface area contributed by atoms with Crippen LogP contribution in [0, 0.1) is 13.8 Å². The Balaban J connectivity index is 2.21. The van der Waals surface area contributed by atoms with Crippen LogP contribution < -0.4 is 10.2 Å². The van der Waals surface area contributed by atoms with Crippen molar-refractivity contribution in [2.75, 3.05) is 24.3 Å². The standard InChI is InChI=1S/C15H17BrN2OS/c1-9-5-6-11(8-12(9)18(3)4)17-15(19)13-7-10(2)14(16)20-13/h5-8H,1-4H3,(H,17,19). The summed E-state index contributed by atoms with van der Waals surface area (Å²) in [6, 6.07) is 7.82. The van der Waals surface area contributed by atoms with Crippen LogP contribution in [0.15, 0.2) is 28.1 Å². The first-order valence-electron chi connectivity index (χ1n) is 6.23. The zero-order valence-electron chi connectivity index (χ0n) is 12.0. The lowest BCUT2D eigenvalue weighted by molar-refractivity contribution is 0.103. The number of aryl methyl sites for hydroxylation is 2. The van der Waals surface area contributed by atoms with Crippen LogP contribution >= 0.6 is 27.3 Å². The number of carbonyl (C=O) groups excluding carboxylic acids is 1. The lowest BCUT2D eigenvalue weighted by Crippen LogP contribution is -2.13. The Morgan fingerprint density at radius 2 is 1.90 bits per heavy atom. The fourth-order valence-electron chi connectivity index (χ4n) is 1.93. The Morgan fingerprint density at radius 1 is 1.20 bits per heavy atom. The van der Waals surface area contributed by atoms with E-state index in [4.69, 9.17) is 0 Å². The molecule has 20 heavy (non-hydrogen) atoms. The zero-order chi connectivity index (χ0) is 14.9. The number of halogens is 1. The summed E-state index contributed by atoms with van der Waals surface area (Å²) < 4.78 is 1.00. The quantitative estimate of drug-likeness (QED) is 0.884. The molecule has 5 heteroatoms. The minimum atomic E-state index is -0.0719. The fourth-order valence-corrected chi connectivity index (χ4v) is 3.36. The van der Waals surface area contributed by atoms with Gasteiger partial charge < -0.3 is 10.2 Å². The molecule has 1 N–H and O–H groups in total. The molecule has 0 bridgehead atoms. The van der Waals surface area contributed by atoms with Gasteiger partial charge in [-0.1, -0.05) is 6.07 Å². The molecule has 0 radical (unpaired) electrons. The van der Waals surface area contributed by atoms with E-state index < -0.39 is 0 Å². The van der Waals surface area contributed by atoms with E-state index in [0.29, 0.717) is 4.88 Å². The maximum absolute atomic E-state index is 12.2. The molecular formula is C15H17BrN2OS. The number of hydrogen-bond donors (Lipinski definition) is 1. The molecule has 0 fully saturated rings. The van der Waals surface area contributed by atoms with E-state index in [0.717, 1.165) is 20.7 Å². The summed E-state index contributed by atoms with van der Waals surface area (Å²) >= 11 is 4.89. The first-order valence-corrected chi connectivity index (χ1v) is 7.84. The van der Waals surface area contributed by atoms with Gasteiger partial charge in [0.1, 0.15) is 0 Å². The Kier molecular flexibility index (Phi) is 4.50. The fraction of sp³-hybridized carbons (Fsp3) is 0.267. The Morgan fingerprint density at radius 3 is 2.45 bits per heavy atom. The molecule has 0 saturated carbocycles. The van der Waals surface area contributed by atoms with Crippen LogP contribution in [0.1, 0.15) is 20.8 Å². The Labute approximate surface area is 131 Å². The second-order valence-corrected chi connectivity index (χ2v) is 7.29. The molecule has 1 aromatic carbocycles. The first kappa shape index (κ1) is 15.1. The highest BCUT2D eigenvalue weighted by Crippen LogP contribution is 2.28. The number of carbonyl (C=O) groups is 1. The van der Waals surface area contributed by atoms with E-state index in [2.05, 4.69) is 28.2 Å². The molecule has 0 saturated heterocycles. The molecular weight excluding hydrogens is 336 g/mol. The highest BCUT2D eigenvalue weighted by atomic mass is 79.9. The van der Waals surface area contributed by atoms with Gasteiger partial charge >= 0.3 is 0 Å². The average molecular weight is 353 g/mol. The number of nitrogens with one attached hydrogen (secondary N) is 1. The molecule has 1 aromatic heterocycles. The summed E-state index contributed by atoms with van der Waals surface area (Å²) in [7, 11) is 3.99. The van der Waals surface area contributed by atoms with Crippen molar-refractivity contribution in [1.29, 1.82) is 0 Å². The summed E-state index contributed by atoms with van der Waals surface area (Å²) in [5, 5.41) is 2.95. The van der Waals surface area contributed by atoms with Crippen LogP contribution in [0.2, 0.25) is 0 Å². The minimum Gasteiger partial charge on any atom is -0.377 e. The van der Waals surface area contributed by atoms with E-state index in [9.17, 15) is 4.79 Å². The molecule has 0 aliphatic carbocycles. The smallest absolute Gasteiger partial charge is 0.265 e. The van der Waals surface area contributed by atoms with Crippen molar-refractivity contribution in [2.45, 2.75) is 13.8 Å². The number of anilines is 2. The van der Waals surface area contributed by atoms with Gasteiger partial charge in [-0.05, 0) is 59.1 Å². The second kappa shape index (κ2) is 5.97. The summed E-state index contributed by atoms with van der Waals surface area (Å²) in [6.07, 6.45) is 0. The van der Waals surface area contributed by atoms with Crippen LogP contribution in [0.5, 0.6) is 0 Å². The minimum absolute atomic E-state index is 0.0719. The van der Waals surface area contributed by atoms with Crippen molar-refractivity contribution < 1.29 is 4.79 Å². The summed E-state index contributed by atoms with van der Waals surface area (Å²) in [5.74, 6) is -0.0719. The third-order valence-electron chi connectivity index (χ3n) is 3.03. The molecule has 1 heterocycles. The highest BCUT2D eigenvalue weighted by molar-refractivity contribution is 9.11. The molecule has 0 unspecified atom stereocenters. The lowest BCUT2D eigenvalue weighted by Gasteiger charge is -2.17. The maximum atomic E-state index is 12.2. The van der Waals surface area contributed by atoms with Crippen LogP contribution in [0.3, 0.4) is 0 Å². The van der Waals surface area contributed by atoms with Gasteiger partial charge in [0.25, 0.3) is 5.91 Å². The van der Waals surface area contributed by atoms with Crippen molar-refractivity contribution in [3.63, 3.8) is 0 Å². The maximum Gasteiger partial charge on any atom is 0.265 e. The monoisotopic (exact) mass is 352 g/mol. The number of thiophene rings is 1. The average Bonchev–Trinajstić information content (AvgIpc) is 2.72. The first-order chi connectivity index (χ1) is 9.38. The summed E-state index contributed by atoms with van der Waals surface area (Å²) in [6.45, 7) is 4.04. The molecule has 0 aliphatic rings. The van der Waals surface area contributed by atoms with Crippen LogP contribution in [-0.4, -0.2) is 20.0 Å². The Bertz CT molecular complexity index is 630. The zero-order valence-corrected chi connectivity index (χ0v) is 14.4. The third-order valence-corrected chi connectivity index (χ3v) is 5.17. The van der Waals surface area contributed by atoms with Gasteiger partial charge in [-0.15, -0.1) is 11.3 Å². The van der Waals surface area contributed by atoms with Crippen molar-refractivity contribution in [1.82, 2.24) is 0 Å². The predicted octanol–water partition coefficient (Wildman–Crippen LogP) is 4.45. The topological polar surface area (TPSA) is 32.3 Å². The largest absolute Gasteiger partial charge is 0.377 e. The molecule has 1 amide bonds. The molecule has 106 valence electrons. The van der Waals surface area contributed by atoms with E-state index in [-0.39, 0.29) is 5.91 Å². The summed E-state index contributed by atoms with van der Waals surface area (Å²) in [5.41, 5.74) is 4.18. The lowest BCUT2D eigenvalue weighted by atomic mass is 10.1. The molecule has 2 rings (SSSR count). The number of benzene rings is 1. The van der Waals surface area contributed by atoms with Crippen LogP contribution in [0.25, 0.3) is 0 Å². The predicted molar refractivity (Wildman–Crippen MR) is 90.2 cm³/mol. The van der Waals surface area contributed by atoms with Crippen molar-refractivity contribution in [2.24, 2.45) is 0 Å². The van der Waals surface area contributed by atoms with E-state index >= 15 is 0 Å². The molecule has 3 nitrogen and oxygen atoms in total. The number of hydrogen-bond acceptors (Lipinski definition) is 3. The van der Waals surface area contributed by atoms with Crippen molar-refractivity contribution in [3.8, 4) is 0 Å². The summed E-state index contributed by atoms with van der Waals surface area (Å²) in [4.78, 5) is 15.0. The number of amides is 1.